The number of carbonyl (C=O) groups excluding carboxylic acids is 2. The molecule has 2 amide bonds. The maximum absolute atomic E-state index is 14.0. The first-order chi connectivity index (χ1) is 18.6. The first kappa shape index (κ1) is 32.0. The average Bonchev–Trinajstić information content (AvgIpc) is 2.86. The van der Waals surface area contributed by atoms with Crippen LogP contribution in [0.2, 0.25) is 20.1 Å². The summed E-state index contributed by atoms with van der Waals surface area (Å²) in [5, 5.41) is 3.89. The molecule has 0 saturated carbocycles. The summed E-state index contributed by atoms with van der Waals surface area (Å²) in [7, 11) is -4.27. The zero-order valence-electron chi connectivity index (χ0n) is 22.3. The van der Waals surface area contributed by atoms with Crippen LogP contribution in [0.5, 0.6) is 0 Å². The van der Waals surface area contributed by atoms with Crippen LogP contribution in [0.3, 0.4) is 0 Å². The van der Waals surface area contributed by atoms with E-state index in [1.807, 2.05) is 20.8 Å². The quantitative estimate of drug-likeness (QED) is 0.277. The number of rotatable bonds is 9. The Balaban J connectivity index is 2.08. The topological polar surface area (TPSA) is 86.8 Å². The van der Waals surface area contributed by atoms with Crippen molar-refractivity contribution in [3.05, 3.63) is 92.4 Å². The zero-order chi connectivity index (χ0) is 29.8. The third-order valence-electron chi connectivity index (χ3n) is 5.81. The number of benzene rings is 3. The molecule has 1 atom stereocenters. The number of nitrogens with zero attached hydrogens (tertiary/aromatic N) is 2. The van der Waals surface area contributed by atoms with Gasteiger partial charge in [0.15, 0.2) is 0 Å². The molecule has 3 rings (SSSR count). The lowest BCUT2D eigenvalue weighted by atomic mass is 10.1. The van der Waals surface area contributed by atoms with Crippen LogP contribution in [-0.2, 0) is 26.2 Å². The van der Waals surface area contributed by atoms with Crippen molar-refractivity contribution < 1.29 is 18.0 Å². The van der Waals surface area contributed by atoms with Gasteiger partial charge in [-0.2, -0.15) is 0 Å². The number of anilines is 1. The Kier molecular flexibility index (Phi) is 10.4. The molecule has 3 aromatic rings. The predicted molar refractivity (Wildman–Crippen MR) is 162 cm³/mol. The van der Waals surface area contributed by atoms with Gasteiger partial charge in [-0.15, -0.1) is 0 Å². The van der Waals surface area contributed by atoms with Gasteiger partial charge in [0.1, 0.15) is 12.6 Å². The Morgan fingerprint density at radius 2 is 1.45 bits per heavy atom. The van der Waals surface area contributed by atoms with Gasteiger partial charge in [0.25, 0.3) is 10.0 Å². The van der Waals surface area contributed by atoms with Crippen LogP contribution in [0.4, 0.5) is 5.69 Å². The van der Waals surface area contributed by atoms with E-state index in [2.05, 4.69) is 5.32 Å². The second-order valence-electron chi connectivity index (χ2n) is 10.1. The van der Waals surface area contributed by atoms with Crippen molar-refractivity contribution in [3.63, 3.8) is 0 Å². The fourth-order valence-corrected chi connectivity index (χ4v) is 6.29. The van der Waals surface area contributed by atoms with Gasteiger partial charge in [-0.05, 0) is 75.7 Å². The molecule has 0 bridgehead atoms. The lowest BCUT2D eigenvalue weighted by molar-refractivity contribution is -0.140. The minimum absolute atomic E-state index is 0.0330. The van der Waals surface area contributed by atoms with Crippen LogP contribution >= 0.6 is 46.4 Å². The summed E-state index contributed by atoms with van der Waals surface area (Å²) in [6.07, 6.45) is 0. The molecule has 0 spiro atoms. The number of carbonyl (C=O) groups is 2. The lowest BCUT2D eigenvalue weighted by Gasteiger charge is -2.33. The third-order valence-corrected chi connectivity index (χ3v) is 8.71. The summed E-state index contributed by atoms with van der Waals surface area (Å²) < 4.78 is 28.5. The second-order valence-corrected chi connectivity index (χ2v) is 13.6. The third kappa shape index (κ3) is 8.04. The highest BCUT2D eigenvalue weighted by Gasteiger charge is 2.34. The number of nitrogens with one attached hydrogen (secondary N) is 1. The summed E-state index contributed by atoms with van der Waals surface area (Å²) in [5.41, 5.74) is 0.00803. The molecule has 0 fully saturated rings. The van der Waals surface area contributed by atoms with Crippen molar-refractivity contribution in [3.8, 4) is 0 Å². The van der Waals surface area contributed by atoms with Crippen molar-refractivity contribution in [1.29, 1.82) is 0 Å². The number of halogens is 4. The van der Waals surface area contributed by atoms with Gasteiger partial charge >= 0.3 is 0 Å². The SMILES string of the molecule is C[C@@H](C(=O)NC(C)(C)C)N(Cc1ccc(Cl)cc1Cl)C(=O)CN(c1ccc(Cl)cc1Cl)S(=O)(=O)c1ccccc1. The van der Waals surface area contributed by atoms with E-state index >= 15 is 0 Å². The van der Waals surface area contributed by atoms with Crippen LogP contribution in [-0.4, -0.2) is 43.3 Å². The molecule has 0 unspecified atom stereocenters. The molecule has 0 aliphatic rings. The summed E-state index contributed by atoms with van der Waals surface area (Å²) in [5.74, 6) is -1.08. The molecule has 0 heterocycles. The highest BCUT2D eigenvalue weighted by Crippen LogP contribution is 2.33. The lowest BCUT2D eigenvalue weighted by Crippen LogP contribution is -2.54. The van der Waals surface area contributed by atoms with Crippen LogP contribution in [0.1, 0.15) is 33.3 Å². The summed E-state index contributed by atoms with van der Waals surface area (Å²) in [6.45, 7) is 6.27. The van der Waals surface area contributed by atoms with Gasteiger partial charge < -0.3 is 10.2 Å². The van der Waals surface area contributed by atoms with E-state index in [1.54, 1.807) is 37.3 Å². The molecule has 7 nitrogen and oxygen atoms in total. The highest BCUT2D eigenvalue weighted by molar-refractivity contribution is 7.92. The van der Waals surface area contributed by atoms with Crippen LogP contribution in [0.15, 0.2) is 71.6 Å². The Morgan fingerprint density at radius 1 is 0.875 bits per heavy atom. The molecule has 3 aromatic carbocycles. The molecule has 0 saturated heterocycles. The minimum atomic E-state index is -4.27. The van der Waals surface area contributed by atoms with Crippen molar-refractivity contribution in [2.75, 3.05) is 10.8 Å². The van der Waals surface area contributed by atoms with Gasteiger partial charge in [0, 0.05) is 27.2 Å². The number of amides is 2. The van der Waals surface area contributed by atoms with Crippen molar-refractivity contribution >= 4 is 73.9 Å². The first-order valence-corrected chi connectivity index (χ1v) is 15.1. The summed E-state index contributed by atoms with van der Waals surface area (Å²) in [4.78, 5) is 28.4. The molecular formula is C28H29Cl4N3O4S. The Hall–Kier alpha value is -2.49. The van der Waals surface area contributed by atoms with Gasteiger partial charge in [0.2, 0.25) is 11.8 Å². The summed E-state index contributed by atoms with van der Waals surface area (Å²) >= 11 is 24.9. The molecule has 40 heavy (non-hydrogen) atoms. The van der Waals surface area contributed by atoms with E-state index in [9.17, 15) is 18.0 Å². The Morgan fingerprint density at radius 3 is 2.00 bits per heavy atom. The molecule has 12 heteroatoms. The monoisotopic (exact) mass is 643 g/mol. The van der Waals surface area contributed by atoms with E-state index in [0.717, 1.165) is 4.31 Å². The van der Waals surface area contributed by atoms with E-state index in [0.29, 0.717) is 20.6 Å². The Bertz CT molecular complexity index is 1500. The van der Waals surface area contributed by atoms with Crippen molar-refractivity contribution in [2.24, 2.45) is 0 Å². The smallest absolute Gasteiger partial charge is 0.264 e. The fourth-order valence-electron chi connectivity index (χ4n) is 3.81. The van der Waals surface area contributed by atoms with Crippen LogP contribution < -0.4 is 9.62 Å². The number of hydrogen-bond acceptors (Lipinski definition) is 4. The van der Waals surface area contributed by atoms with E-state index in [-0.39, 0.29) is 22.2 Å². The predicted octanol–water partition coefficient (Wildman–Crippen LogP) is 6.83. The highest BCUT2D eigenvalue weighted by atomic mass is 35.5. The van der Waals surface area contributed by atoms with E-state index in [1.165, 1.54) is 41.3 Å². The molecular weight excluding hydrogens is 616 g/mol. The number of sulfonamides is 1. The van der Waals surface area contributed by atoms with Gasteiger partial charge in [-0.3, -0.25) is 13.9 Å². The van der Waals surface area contributed by atoms with E-state index in [4.69, 9.17) is 46.4 Å². The summed E-state index contributed by atoms with van der Waals surface area (Å²) in [6, 6.07) is 15.8. The number of hydrogen-bond donors (Lipinski definition) is 1. The molecule has 0 aliphatic heterocycles. The largest absolute Gasteiger partial charge is 0.350 e. The standard InChI is InChI=1S/C28H29Cl4N3O4S/c1-18(27(37)33-28(2,3)4)34(16-19-10-11-20(29)14-23(19)31)26(36)17-35(25-13-12-21(30)15-24(25)32)40(38,39)22-8-6-5-7-9-22/h5-15,18H,16-17H2,1-4H3,(H,33,37)/t18-/m0/s1. The molecule has 0 radical (unpaired) electrons. The fraction of sp³-hybridized carbons (Fsp3) is 0.286. The van der Waals surface area contributed by atoms with Crippen molar-refractivity contribution in [1.82, 2.24) is 10.2 Å². The maximum atomic E-state index is 14.0. The molecule has 0 aliphatic carbocycles. The second kappa shape index (κ2) is 13.0. The average molecular weight is 645 g/mol. The van der Waals surface area contributed by atoms with Gasteiger partial charge in [0.05, 0.1) is 15.6 Å². The molecule has 1 N–H and O–H groups in total. The molecule has 0 aromatic heterocycles. The molecule has 214 valence electrons. The normalized spacial score (nSPS) is 12.5. The zero-order valence-corrected chi connectivity index (χ0v) is 26.1. The van der Waals surface area contributed by atoms with Gasteiger partial charge in [-0.1, -0.05) is 70.7 Å². The minimum Gasteiger partial charge on any atom is -0.350 e. The Labute approximate surface area is 255 Å². The van der Waals surface area contributed by atoms with Crippen LogP contribution in [0, 0.1) is 0 Å². The maximum Gasteiger partial charge on any atom is 0.264 e. The van der Waals surface area contributed by atoms with Crippen LogP contribution in [0.25, 0.3) is 0 Å². The first-order valence-electron chi connectivity index (χ1n) is 12.2. The van der Waals surface area contributed by atoms with Crippen molar-refractivity contribution in [2.45, 2.75) is 50.7 Å². The van der Waals surface area contributed by atoms with E-state index < -0.39 is 40.0 Å². The van der Waals surface area contributed by atoms with Gasteiger partial charge in [-0.25, -0.2) is 8.42 Å².